The summed E-state index contributed by atoms with van der Waals surface area (Å²) >= 11 is 3.25. The van der Waals surface area contributed by atoms with E-state index in [1.807, 2.05) is 0 Å². The number of hydrogen-bond donors (Lipinski definition) is 6. The molecule has 0 bridgehead atoms. The number of aliphatic hydroxyl groups excluding tert-OH is 5. The van der Waals surface area contributed by atoms with E-state index in [-0.39, 0.29) is 12.2 Å². The topological polar surface area (TPSA) is 161 Å². The summed E-state index contributed by atoms with van der Waals surface area (Å²) in [5.74, 6) is -0.203. The first-order chi connectivity index (χ1) is 9.31. The summed E-state index contributed by atoms with van der Waals surface area (Å²) in [5.41, 5.74) is 4.88. The zero-order chi connectivity index (χ0) is 16.1. The predicted octanol–water partition coefficient (Wildman–Crippen LogP) is -2.34. The molecule has 0 rings (SSSR count). The fourth-order valence-electron chi connectivity index (χ4n) is 1.01. The molecule has 0 radical (unpaired) electrons. The van der Waals surface area contributed by atoms with E-state index in [1.54, 1.807) is 0 Å². The summed E-state index contributed by atoms with van der Waals surface area (Å²) in [6, 6.07) is 0. The third-order valence-corrected chi connectivity index (χ3v) is 2.79. The zero-order valence-electron chi connectivity index (χ0n) is 10.9. The van der Waals surface area contributed by atoms with Gasteiger partial charge in [-0.05, 0) is 12.8 Å². The maximum atomic E-state index is 10.1. The molecule has 8 nitrogen and oxygen atoms in total. The van der Waals surface area contributed by atoms with Gasteiger partial charge in [-0.1, -0.05) is 15.9 Å². The van der Waals surface area contributed by atoms with Gasteiger partial charge < -0.3 is 36.1 Å². The number of alkyl halides is 1. The summed E-state index contributed by atoms with van der Waals surface area (Å²) in [7, 11) is 0. The van der Waals surface area contributed by atoms with Gasteiger partial charge >= 0.3 is 0 Å². The monoisotopic (exact) mass is 359 g/mol. The lowest BCUT2D eigenvalue weighted by molar-refractivity contribution is -0.136. The minimum atomic E-state index is -1.79. The maximum Gasteiger partial charge on any atom is 0.217 e. The van der Waals surface area contributed by atoms with E-state index in [0.717, 1.165) is 18.2 Å². The molecule has 9 heteroatoms. The molecule has 20 heavy (non-hydrogen) atoms. The second kappa shape index (κ2) is 13.4. The van der Waals surface area contributed by atoms with Crippen LogP contribution >= 0.6 is 15.9 Å². The van der Waals surface area contributed by atoms with E-state index in [1.165, 1.54) is 0 Å². The Bertz CT molecular complexity index is 267. The van der Waals surface area contributed by atoms with E-state index in [0.29, 0.717) is 6.42 Å². The first kappa shape index (κ1) is 21.7. The van der Waals surface area contributed by atoms with Gasteiger partial charge in [-0.2, -0.15) is 0 Å². The number of rotatable bonds is 9. The minimum Gasteiger partial charge on any atom is -0.394 e. The van der Waals surface area contributed by atoms with Crippen molar-refractivity contribution in [2.24, 2.45) is 5.73 Å². The van der Waals surface area contributed by atoms with E-state index < -0.39 is 31.0 Å². The lowest BCUT2D eigenvalue weighted by atomic mass is 10.0. The molecule has 0 unspecified atom stereocenters. The van der Waals surface area contributed by atoms with Gasteiger partial charge in [0.1, 0.15) is 24.4 Å². The lowest BCUT2D eigenvalue weighted by Crippen LogP contribution is -2.46. The first-order valence-corrected chi connectivity index (χ1v) is 7.06. The Kier molecular flexibility index (Phi) is 14.6. The summed E-state index contributed by atoms with van der Waals surface area (Å²) in [6.45, 7) is -0.760. The smallest absolute Gasteiger partial charge is 0.217 e. The van der Waals surface area contributed by atoms with E-state index >= 15 is 0 Å². The highest BCUT2D eigenvalue weighted by atomic mass is 79.9. The number of amides is 1. The summed E-state index contributed by atoms with van der Waals surface area (Å²) in [6.07, 6.45) is -4.39. The molecule has 120 valence electrons. The van der Waals surface area contributed by atoms with Gasteiger partial charge in [-0.15, -0.1) is 0 Å². The van der Waals surface area contributed by atoms with E-state index in [4.69, 9.17) is 31.3 Å². The molecule has 0 saturated heterocycles. The standard InChI is InChI=1S/C6H12O6.C5H10BrNO/c7-1-3(9)5(11)6(12)4(10)2-8;6-4-2-1-3-5(7)8/h1,3-6,8-12H,2H2;1-4H2,(H2,7,8)/t3-,4+,5+,6+;/m0./s1. The highest BCUT2D eigenvalue weighted by molar-refractivity contribution is 9.09. The van der Waals surface area contributed by atoms with Gasteiger partial charge in [0.25, 0.3) is 0 Å². The van der Waals surface area contributed by atoms with Crippen LogP contribution in [0.5, 0.6) is 0 Å². The SMILES string of the molecule is NC(=O)CCCCBr.O=C[C@H](O)[C@@H](O)[C@H](O)[C@H](O)CO. The molecule has 0 aromatic carbocycles. The molecule has 0 aliphatic heterocycles. The molecule has 0 aromatic rings. The number of halogens is 1. The molecule has 0 aliphatic rings. The quantitative estimate of drug-likeness (QED) is 0.152. The Labute approximate surface area is 125 Å². The molecular formula is C11H22BrNO7. The van der Waals surface area contributed by atoms with Crippen LogP contribution in [0.2, 0.25) is 0 Å². The number of hydrogen-bond acceptors (Lipinski definition) is 7. The van der Waals surface area contributed by atoms with Gasteiger partial charge in [-0.25, -0.2) is 0 Å². The van der Waals surface area contributed by atoms with Crippen LogP contribution in [0.25, 0.3) is 0 Å². The van der Waals surface area contributed by atoms with Crippen molar-refractivity contribution >= 4 is 28.1 Å². The summed E-state index contributed by atoms with van der Waals surface area (Å²) in [4.78, 5) is 20.0. The minimum absolute atomic E-state index is 0.0258. The van der Waals surface area contributed by atoms with Crippen molar-refractivity contribution in [3.8, 4) is 0 Å². The van der Waals surface area contributed by atoms with Gasteiger partial charge in [0.2, 0.25) is 5.91 Å². The van der Waals surface area contributed by atoms with E-state index in [9.17, 15) is 9.59 Å². The Morgan fingerprint density at radius 1 is 1.15 bits per heavy atom. The first-order valence-electron chi connectivity index (χ1n) is 5.94. The van der Waals surface area contributed by atoms with Gasteiger partial charge in [0, 0.05) is 11.8 Å². The van der Waals surface area contributed by atoms with Crippen molar-refractivity contribution in [1.29, 1.82) is 0 Å². The molecular weight excluding hydrogens is 338 g/mol. The predicted molar refractivity (Wildman–Crippen MR) is 74.0 cm³/mol. The van der Waals surface area contributed by atoms with Crippen molar-refractivity contribution in [1.82, 2.24) is 0 Å². The Morgan fingerprint density at radius 3 is 2.05 bits per heavy atom. The normalized spacial score (nSPS) is 16.3. The third kappa shape index (κ3) is 11.3. The van der Waals surface area contributed by atoms with Crippen LogP contribution in [-0.4, -0.2) is 74.1 Å². The van der Waals surface area contributed by atoms with Gasteiger partial charge in [0.05, 0.1) is 6.61 Å². The lowest BCUT2D eigenvalue weighted by Gasteiger charge is -2.22. The van der Waals surface area contributed by atoms with Crippen molar-refractivity contribution < 1.29 is 35.1 Å². The number of nitrogens with two attached hydrogens (primary N) is 1. The van der Waals surface area contributed by atoms with Crippen LogP contribution in [0.15, 0.2) is 0 Å². The van der Waals surface area contributed by atoms with Crippen molar-refractivity contribution in [2.45, 2.75) is 43.7 Å². The van der Waals surface area contributed by atoms with Crippen LogP contribution in [0.4, 0.5) is 0 Å². The molecule has 1 amide bonds. The molecule has 0 spiro atoms. The largest absolute Gasteiger partial charge is 0.394 e. The fraction of sp³-hybridized carbons (Fsp3) is 0.818. The maximum absolute atomic E-state index is 10.1. The van der Waals surface area contributed by atoms with Crippen molar-refractivity contribution in [2.75, 3.05) is 11.9 Å². The van der Waals surface area contributed by atoms with Crippen LogP contribution in [0.1, 0.15) is 19.3 Å². The highest BCUT2D eigenvalue weighted by Gasteiger charge is 2.29. The molecule has 0 aliphatic carbocycles. The average Bonchev–Trinajstić information content (AvgIpc) is 2.44. The second-order valence-corrected chi connectivity index (χ2v) is 4.76. The van der Waals surface area contributed by atoms with Crippen molar-refractivity contribution in [3.05, 3.63) is 0 Å². The Morgan fingerprint density at radius 2 is 1.70 bits per heavy atom. The number of aliphatic hydroxyl groups is 5. The third-order valence-electron chi connectivity index (χ3n) is 2.23. The van der Waals surface area contributed by atoms with Crippen molar-refractivity contribution in [3.63, 3.8) is 0 Å². The molecule has 0 aromatic heterocycles. The number of carbonyl (C=O) groups excluding carboxylic acids is 2. The van der Waals surface area contributed by atoms with Crippen LogP contribution < -0.4 is 5.73 Å². The number of aldehydes is 1. The zero-order valence-corrected chi connectivity index (χ0v) is 12.5. The van der Waals surface area contributed by atoms with Crippen LogP contribution in [0.3, 0.4) is 0 Å². The summed E-state index contributed by atoms with van der Waals surface area (Å²) < 4.78 is 0. The average molecular weight is 360 g/mol. The molecule has 0 saturated carbocycles. The van der Waals surface area contributed by atoms with Gasteiger partial charge in [-0.3, -0.25) is 4.79 Å². The Balaban J connectivity index is 0. The fourth-order valence-corrected chi connectivity index (χ4v) is 1.41. The highest BCUT2D eigenvalue weighted by Crippen LogP contribution is 2.02. The van der Waals surface area contributed by atoms with Gasteiger partial charge in [0.15, 0.2) is 6.29 Å². The van der Waals surface area contributed by atoms with Crippen LogP contribution in [-0.2, 0) is 9.59 Å². The number of unbranched alkanes of at least 4 members (excludes halogenated alkanes) is 1. The number of carbonyl (C=O) groups is 2. The number of primary amides is 1. The molecule has 4 atom stereocenters. The van der Waals surface area contributed by atoms with Crippen LogP contribution in [0, 0.1) is 0 Å². The second-order valence-electron chi connectivity index (χ2n) is 3.97. The molecule has 0 fully saturated rings. The molecule has 7 N–H and O–H groups in total. The Hall–Kier alpha value is -0.580. The molecule has 0 heterocycles. The summed E-state index contributed by atoms with van der Waals surface area (Å²) in [5, 5.41) is 44.5. The van der Waals surface area contributed by atoms with E-state index in [2.05, 4.69) is 15.9 Å².